The second-order valence-electron chi connectivity index (χ2n) is 13.2. The molecule has 0 aliphatic carbocycles. The molecule has 1 unspecified atom stereocenters. The Morgan fingerprint density at radius 2 is 1.20 bits per heavy atom. The first-order valence-electron chi connectivity index (χ1n) is 16.3. The lowest BCUT2D eigenvalue weighted by molar-refractivity contribution is -0.870. The monoisotopic (exact) mass is 603 g/mol. The van der Waals surface area contributed by atoms with Crippen LogP contribution < -0.4 is 4.89 Å². The predicted octanol–water partition coefficient (Wildman–Crippen LogP) is 8.38. The molecule has 0 bridgehead atoms. The number of hydrogen-bond donors (Lipinski definition) is 0. The summed E-state index contributed by atoms with van der Waals surface area (Å²) in [7, 11) is 1.54. The van der Waals surface area contributed by atoms with Crippen LogP contribution in [-0.2, 0) is 23.1 Å². The lowest BCUT2D eigenvalue weighted by atomic mass is 10.1. The fraction of sp³-hybridized carbons (Fsp3) is 0.879. The lowest BCUT2D eigenvalue weighted by Gasteiger charge is -2.31. The van der Waals surface area contributed by atoms with Gasteiger partial charge in [0.15, 0.2) is 0 Å². The molecule has 0 heterocycles. The van der Waals surface area contributed by atoms with Crippen LogP contribution in [0.4, 0.5) is 0 Å². The number of nitrogens with zero attached hydrogens (tertiary/aromatic N) is 1. The third kappa shape index (κ3) is 32.2. The first kappa shape index (κ1) is 40.5. The van der Waals surface area contributed by atoms with Crippen LogP contribution >= 0.6 is 7.82 Å². The van der Waals surface area contributed by atoms with Crippen LogP contribution in [0.25, 0.3) is 0 Å². The Labute approximate surface area is 254 Å². The molecule has 0 aromatic carbocycles. The van der Waals surface area contributed by atoms with Gasteiger partial charge < -0.3 is 27.9 Å². The van der Waals surface area contributed by atoms with E-state index in [-0.39, 0.29) is 19.8 Å². The zero-order valence-corrected chi connectivity index (χ0v) is 28.8. The van der Waals surface area contributed by atoms with E-state index < -0.39 is 19.5 Å². The summed E-state index contributed by atoms with van der Waals surface area (Å²) in [5.41, 5.74) is -0.436. The van der Waals surface area contributed by atoms with Gasteiger partial charge >= 0.3 is 0 Å². The first-order valence-corrected chi connectivity index (χ1v) is 17.8. The highest BCUT2D eigenvalue weighted by atomic mass is 31.2. The van der Waals surface area contributed by atoms with Crippen LogP contribution in [-0.4, -0.2) is 70.3 Å². The number of hydrogen-bond acceptors (Lipinski definition) is 6. The van der Waals surface area contributed by atoms with E-state index in [2.05, 4.69) is 31.2 Å². The minimum absolute atomic E-state index is 0.0832. The number of ether oxygens (including phenoxy) is 2. The van der Waals surface area contributed by atoms with Crippen molar-refractivity contribution in [3.63, 3.8) is 0 Å². The highest BCUT2D eigenvalue weighted by Crippen LogP contribution is 2.38. The van der Waals surface area contributed by atoms with Crippen molar-refractivity contribution in [2.24, 2.45) is 0 Å². The van der Waals surface area contributed by atoms with Gasteiger partial charge in [-0.15, -0.1) is 0 Å². The maximum atomic E-state index is 12.1. The molecule has 0 saturated heterocycles. The van der Waals surface area contributed by atoms with Crippen molar-refractivity contribution in [1.82, 2.24) is 0 Å². The molecule has 244 valence electrons. The summed E-state index contributed by atoms with van der Waals surface area (Å²) in [6.45, 7) is 9.50. The second-order valence-corrected chi connectivity index (χ2v) is 14.6. The number of phosphoric ester groups is 1. The van der Waals surface area contributed by atoms with E-state index in [1.807, 2.05) is 41.9 Å². The summed E-state index contributed by atoms with van der Waals surface area (Å²) >= 11 is 0. The van der Waals surface area contributed by atoms with E-state index in [1.54, 1.807) is 0 Å². The van der Waals surface area contributed by atoms with Gasteiger partial charge in [0.05, 0.1) is 40.0 Å². The van der Waals surface area contributed by atoms with Crippen molar-refractivity contribution < 1.29 is 32.5 Å². The van der Waals surface area contributed by atoms with Crippen molar-refractivity contribution in [2.45, 2.75) is 136 Å². The number of phosphoric acid groups is 1. The average molecular weight is 604 g/mol. The quantitative estimate of drug-likeness (QED) is 0.0387. The number of likely N-dealkylation sites (N-methyl/N-ethyl adjacent to an activating group) is 1. The molecule has 0 N–H and O–H groups in total. The van der Waals surface area contributed by atoms with E-state index in [4.69, 9.17) is 18.5 Å². The number of allylic oxidation sites excluding steroid dienone is 4. The van der Waals surface area contributed by atoms with Crippen LogP contribution in [0.1, 0.15) is 124 Å². The Kier molecular flexibility index (Phi) is 24.5. The average Bonchev–Trinajstić information content (AvgIpc) is 2.86. The van der Waals surface area contributed by atoms with Gasteiger partial charge in [-0.3, -0.25) is 4.57 Å². The molecule has 0 amide bonds. The minimum Gasteiger partial charge on any atom is -0.756 e. The van der Waals surface area contributed by atoms with Crippen molar-refractivity contribution >= 4 is 7.82 Å². The summed E-state index contributed by atoms with van der Waals surface area (Å²) in [5, 5.41) is 0. The van der Waals surface area contributed by atoms with Gasteiger partial charge in [0.1, 0.15) is 19.3 Å². The molecule has 0 saturated carbocycles. The maximum absolute atomic E-state index is 12.1. The normalized spacial score (nSPS) is 15.2. The van der Waals surface area contributed by atoms with Gasteiger partial charge in [0.2, 0.25) is 0 Å². The lowest BCUT2D eigenvalue weighted by Crippen LogP contribution is -2.38. The Hall–Kier alpha value is -0.530. The first-order chi connectivity index (χ1) is 19.3. The van der Waals surface area contributed by atoms with Crippen molar-refractivity contribution in [1.29, 1.82) is 0 Å². The van der Waals surface area contributed by atoms with Crippen LogP contribution in [0, 0.1) is 0 Å². The zero-order chi connectivity index (χ0) is 30.9. The highest BCUT2D eigenvalue weighted by molar-refractivity contribution is 7.45. The maximum Gasteiger partial charge on any atom is 0.268 e. The van der Waals surface area contributed by atoms with Crippen molar-refractivity contribution in [2.75, 3.05) is 54.1 Å². The smallest absolute Gasteiger partial charge is 0.268 e. The van der Waals surface area contributed by atoms with Gasteiger partial charge in [-0.25, -0.2) is 0 Å². The van der Waals surface area contributed by atoms with E-state index in [1.165, 1.54) is 83.5 Å². The summed E-state index contributed by atoms with van der Waals surface area (Å²) in [6, 6.07) is 0. The number of unbranched alkanes of at least 4 members (excludes halogenated alkanes) is 12. The van der Waals surface area contributed by atoms with Crippen molar-refractivity contribution in [3.05, 3.63) is 24.3 Å². The molecule has 0 aromatic rings. The zero-order valence-electron chi connectivity index (χ0n) is 27.9. The Morgan fingerprint density at radius 3 is 1.71 bits per heavy atom. The molecule has 0 rings (SSSR count). The molecule has 0 fully saturated rings. The Balaban J connectivity index is 3.83. The molecule has 0 aliphatic rings. The molecule has 0 aromatic heterocycles. The summed E-state index contributed by atoms with van der Waals surface area (Å²) in [6.07, 6.45) is 27.5. The van der Waals surface area contributed by atoms with Gasteiger partial charge in [0, 0.05) is 6.61 Å². The van der Waals surface area contributed by atoms with Gasteiger partial charge in [0.25, 0.3) is 7.82 Å². The van der Waals surface area contributed by atoms with Crippen LogP contribution in [0.5, 0.6) is 0 Å². The van der Waals surface area contributed by atoms with E-state index in [9.17, 15) is 9.46 Å². The second kappa shape index (κ2) is 24.9. The Morgan fingerprint density at radius 1 is 0.707 bits per heavy atom. The number of rotatable bonds is 28. The molecule has 0 aliphatic heterocycles. The molecule has 0 spiro atoms. The topological polar surface area (TPSA) is 77.1 Å². The third-order valence-electron chi connectivity index (χ3n) is 6.46. The largest absolute Gasteiger partial charge is 0.756 e. The molecule has 8 heteroatoms. The fourth-order valence-corrected chi connectivity index (χ4v) is 4.88. The molecule has 2 atom stereocenters. The van der Waals surface area contributed by atoms with E-state index in [0.29, 0.717) is 17.6 Å². The van der Waals surface area contributed by atoms with Gasteiger partial charge in [-0.1, -0.05) is 69.8 Å². The van der Waals surface area contributed by atoms with E-state index in [0.717, 1.165) is 12.8 Å². The molecular formula is C33H66NO6P. The highest BCUT2D eigenvalue weighted by Gasteiger charge is 2.22. The van der Waals surface area contributed by atoms with E-state index >= 15 is 0 Å². The standard InChI is InChI=1S/C33H66NO6P/c1-8-9-10-11-12-13-14-15-16-17-18-19-20-21-22-23-24-25-26-28-37-30-32(40-33(2,3)4)31-39-41(35,36)38-29-27-34(5,6)7/h12-13,18-19,32H,8-11,14-17,20-31H2,1-7H3/b13-12-,19-18-/t32-/m1/s1. The van der Waals surface area contributed by atoms with Crippen LogP contribution in [0.15, 0.2) is 24.3 Å². The van der Waals surface area contributed by atoms with Crippen LogP contribution in [0.2, 0.25) is 0 Å². The molecular weight excluding hydrogens is 537 g/mol. The van der Waals surface area contributed by atoms with Crippen LogP contribution in [0.3, 0.4) is 0 Å². The number of quaternary nitrogens is 1. The molecule has 7 nitrogen and oxygen atoms in total. The predicted molar refractivity (Wildman–Crippen MR) is 171 cm³/mol. The van der Waals surface area contributed by atoms with Gasteiger partial charge in [-0.05, 0) is 78.6 Å². The van der Waals surface area contributed by atoms with Crippen molar-refractivity contribution in [3.8, 4) is 0 Å². The minimum atomic E-state index is -4.38. The summed E-state index contributed by atoms with van der Waals surface area (Å²) in [5.74, 6) is 0. The molecule has 41 heavy (non-hydrogen) atoms. The summed E-state index contributed by atoms with van der Waals surface area (Å²) < 4.78 is 34.6. The molecule has 0 radical (unpaired) electrons. The SMILES string of the molecule is CCCCC/C=C\CCCC/C=C\CCCCCCCCOC[C@H](COP(=O)([O-])OCC[N+](C)(C)C)OC(C)(C)C. The third-order valence-corrected chi connectivity index (χ3v) is 7.43. The van der Waals surface area contributed by atoms with Gasteiger partial charge in [-0.2, -0.15) is 0 Å². The fourth-order valence-electron chi connectivity index (χ4n) is 4.15. The Bertz CT molecular complexity index is 699. The summed E-state index contributed by atoms with van der Waals surface area (Å²) in [4.78, 5) is 12.1.